The highest BCUT2D eigenvalue weighted by atomic mass is 14.7. The molecule has 0 aromatic heterocycles. The fraction of sp³-hybridized carbons (Fsp3) is 0. The van der Waals surface area contributed by atoms with Gasteiger partial charge in [0, 0.05) is 0 Å². The summed E-state index contributed by atoms with van der Waals surface area (Å²) in [5.74, 6) is 0. The summed E-state index contributed by atoms with van der Waals surface area (Å²) in [7, 11) is 0. The zero-order valence-corrected chi connectivity index (χ0v) is 9.77. The topological polar surface area (TPSA) is 52.0 Å². The van der Waals surface area contributed by atoms with Crippen molar-refractivity contribution in [3.63, 3.8) is 0 Å². The molecule has 86 valence electrons. The van der Waals surface area contributed by atoms with E-state index in [4.69, 9.17) is 11.5 Å². The first-order valence-corrected chi connectivity index (χ1v) is 5.97. The van der Waals surface area contributed by atoms with Crippen LogP contribution in [0.2, 0.25) is 0 Å². The summed E-state index contributed by atoms with van der Waals surface area (Å²) in [4.78, 5) is 0. The molecule has 2 heteroatoms. The van der Waals surface area contributed by atoms with Crippen LogP contribution in [0.15, 0.2) is 48.5 Å². The van der Waals surface area contributed by atoms with Crippen molar-refractivity contribution in [3.8, 4) is 22.3 Å². The van der Waals surface area contributed by atoms with Gasteiger partial charge in [0.2, 0.25) is 0 Å². The molecular weight excluding hydrogens is 220 g/mol. The summed E-state index contributed by atoms with van der Waals surface area (Å²) in [6.07, 6.45) is 0. The average Bonchev–Trinajstić information content (AvgIpc) is 2.68. The standard InChI is InChI=1S/C16H12N2/c17-14-7-12-10-5-1-3-9-4-2-6-11(16(9)10)13(12)8-15(14)18/h1-8H,17-18H2. The molecular formula is C16H12N2. The number of hydrogen-bond donors (Lipinski definition) is 2. The maximum absolute atomic E-state index is 5.93. The lowest BCUT2D eigenvalue weighted by atomic mass is 10.0. The van der Waals surface area contributed by atoms with Crippen LogP contribution in [0.4, 0.5) is 11.4 Å². The molecule has 1 aliphatic rings. The quantitative estimate of drug-likeness (QED) is 0.455. The highest BCUT2D eigenvalue weighted by Gasteiger charge is 2.21. The third-order valence-corrected chi connectivity index (χ3v) is 3.71. The van der Waals surface area contributed by atoms with E-state index in [1.807, 2.05) is 12.1 Å². The molecule has 0 spiro atoms. The molecule has 0 unspecified atom stereocenters. The van der Waals surface area contributed by atoms with Crippen LogP contribution in [0.3, 0.4) is 0 Å². The van der Waals surface area contributed by atoms with Crippen molar-refractivity contribution in [2.24, 2.45) is 0 Å². The van der Waals surface area contributed by atoms with E-state index in [0.717, 1.165) is 0 Å². The molecule has 1 aliphatic carbocycles. The number of nitrogen functional groups attached to an aromatic ring is 2. The minimum absolute atomic E-state index is 0.651. The van der Waals surface area contributed by atoms with Gasteiger partial charge in [0.25, 0.3) is 0 Å². The van der Waals surface area contributed by atoms with Crippen molar-refractivity contribution >= 4 is 22.1 Å². The van der Waals surface area contributed by atoms with Gasteiger partial charge in [-0.15, -0.1) is 0 Å². The van der Waals surface area contributed by atoms with Gasteiger partial charge in [-0.2, -0.15) is 0 Å². The normalized spacial score (nSPS) is 11.8. The van der Waals surface area contributed by atoms with Gasteiger partial charge in [-0.05, 0) is 45.2 Å². The second-order valence-electron chi connectivity index (χ2n) is 4.74. The molecule has 18 heavy (non-hydrogen) atoms. The summed E-state index contributed by atoms with van der Waals surface area (Å²) in [6.45, 7) is 0. The smallest absolute Gasteiger partial charge is 0.0554 e. The number of nitrogens with two attached hydrogens (primary N) is 2. The Morgan fingerprint density at radius 2 is 1.11 bits per heavy atom. The molecule has 4 N–H and O–H groups in total. The molecule has 3 aromatic carbocycles. The summed E-state index contributed by atoms with van der Waals surface area (Å²) in [5, 5.41) is 2.57. The Balaban J connectivity index is 2.24. The second-order valence-corrected chi connectivity index (χ2v) is 4.74. The van der Waals surface area contributed by atoms with Gasteiger partial charge in [0.1, 0.15) is 0 Å². The van der Waals surface area contributed by atoms with Crippen molar-refractivity contribution in [3.05, 3.63) is 48.5 Å². The average molecular weight is 232 g/mol. The molecule has 0 heterocycles. The van der Waals surface area contributed by atoms with Crippen LogP contribution in [0.1, 0.15) is 0 Å². The van der Waals surface area contributed by atoms with Crippen LogP contribution in [0.25, 0.3) is 33.0 Å². The zero-order chi connectivity index (χ0) is 12.3. The molecule has 3 aromatic rings. The number of fused-ring (bicyclic) bond motifs is 3. The third-order valence-electron chi connectivity index (χ3n) is 3.71. The Bertz CT molecular complexity index is 740. The van der Waals surface area contributed by atoms with Crippen molar-refractivity contribution in [2.45, 2.75) is 0 Å². The van der Waals surface area contributed by atoms with Gasteiger partial charge in [0.05, 0.1) is 11.4 Å². The molecule has 0 saturated carbocycles. The summed E-state index contributed by atoms with van der Waals surface area (Å²) < 4.78 is 0. The zero-order valence-electron chi connectivity index (χ0n) is 9.77. The van der Waals surface area contributed by atoms with E-state index in [1.165, 1.54) is 33.0 Å². The fourth-order valence-corrected chi connectivity index (χ4v) is 2.87. The largest absolute Gasteiger partial charge is 0.397 e. The first kappa shape index (κ1) is 9.54. The first-order chi connectivity index (χ1) is 8.75. The van der Waals surface area contributed by atoms with Gasteiger partial charge in [0.15, 0.2) is 0 Å². The molecule has 0 aliphatic heterocycles. The molecule has 0 fully saturated rings. The van der Waals surface area contributed by atoms with E-state index >= 15 is 0 Å². The van der Waals surface area contributed by atoms with E-state index < -0.39 is 0 Å². The predicted octanol–water partition coefficient (Wildman–Crippen LogP) is 3.65. The highest BCUT2D eigenvalue weighted by molar-refractivity contribution is 6.16. The number of hydrogen-bond acceptors (Lipinski definition) is 2. The Labute approximate surface area is 105 Å². The van der Waals surface area contributed by atoms with Crippen LogP contribution in [-0.4, -0.2) is 0 Å². The molecule has 2 nitrogen and oxygen atoms in total. The number of anilines is 2. The lowest BCUT2D eigenvalue weighted by Gasteiger charge is -2.06. The van der Waals surface area contributed by atoms with E-state index in [0.29, 0.717) is 11.4 Å². The van der Waals surface area contributed by atoms with Crippen molar-refractivity contribution < 1.29 is 0 Å². The second kappa shape index (κ2) is 3.05. The Hall–Kier alpha value is -2.48. The van der Waals surface area contributed by atoms with E-state index in [9.17, 15) is 0 Å². The van der Waals surface area contributed by atoms with Crippen LogP contribution in [-0.2, 0) is 0 Å². The number of rotatable bonds is 0. The Morgan fingerprint density at radius 1 is 0.611 bits per heavy atom. The molecule has 4 rings (SSSR count). The summed E-state index contributed by atoms with van der Waals surface area (Å²) in [6, 6.07) is 16.7. The van der Waals surface area contributed by atoms with Gasteiger partial charge < -0.3 is 11.5 Å². The molecule has 0 atom stereocenters. The minimum atomic E-state index is 0.651. The monoisotopic (exact) mass is 232 g/mol. The summed E-state index contributed by atoms with van der Waals surface area (Å²) in [5.41, 5.74) is 18.0. The lowest BCUT2D eigenvalue weighted by Crippen LogP contribution is -1.95. The van der Waals surface area contributed by atoms with Gasteiger partial charge in [-0.25, -0.2) is 0 Å². The highest BCUT2D eigenvalue weighted by Crippen LogP contribution is 2.48. The van der Waals surface area contributed by atoms with E-state index in [-0.39, 0.29) is 0 Å². The fourth-order valence-electron chi connectivity index (χ4n) is 2.87. The SMILES string of the molecule is Nc1cc2c(cc1N)-c1cccc3cccc-2c13. The molecule has 0 saturated heterocycles. The van der Waals surface area contributed by atoms with Crippen molar-refractivity contribution in [1.82, 2.24) is 0 Å². The van der Waals surface area contributed by atoms with Crippen molar-refractivity contribution in [2.75, 3.05) is 11.5 Å². The maximum Gasteiger partial charge on any atom is 0.0554 e. The van der Waals surface area contributed by atoms with E-state index in [2.05, 4.69) is 36.4 Å². The third kappa shape index (κ3) is 1.02. The Morgan fingerprint density at radius 3 is 1.61 bits per heavy atom. The van der Waals surface area contributed by atoms with Gasteiger partial charge in [-0.1, -0.05) is 36.4 Å². The predicted molar refractivity (Wildman–Crippen MR) is 77.2 cm³/mol. The lowest BCUT2D eigenvalue weighted by molar-refractivity contribution is 1.66. The van der Waals surface area contributed by atoms with Crippen LogP contribution >= 0.6 is 0 Å². The number of benzene rings is 3. The molecule has 0 radical (unpaired) electrons. The molecule has 0 amide bonds. The first-order valence-electron chi connectivity index (χ1n) is 5.97. The minimum Gasteiger partial charge on any atom is -0.397 e. The van der Waals surface area contributed by atoms with E-state index in [1.54, 1.807) is 0 Å². The van der Waals surface area contributed by atoms with Gasteiger partial charge >= 0.3 is 0 Å². The van der Waals surface area contributed by atoms with Crippen LogP contribution < -0.4 is 11.5 Å². The van der Waals surface area contributed by atoms with Crippen LogP contribution in [0.5, 0.6) is 0 Å². The molecule has 0 bridgehead atoms. The van der Waals surface area contributed by atoms with Crippen molar-refractivity contribution in [1.29, 1.82) is 0 Å². The van der Waals surface area contributed by atoms with Crippen LogP contribution in [0, 0.1) is 0 Å². The maximum atomic E-state index is 5.93. The summed E-state index contributed by atoms with van der Waals surface area (Å²) >= 11 is 0. The Kier molecular flexibility index (Phi) is 1.61. The van der Waals surface area contributed by atoms with Gasteiger partial charge in [-0.3, -0.25) is 0 Å².